The number of hydrogen-bond donors (Lipinski definition) is 2. The number of piperidine rings is 1. The molecule has 1 fully saturated rings. The summed E-state index contributed by atoms with van der Waals surface area (Å²) in [6, 6.07) is 6.00. The fourth-order valence-electron chi connectivity index (χ4n) is 2.12. The summed E-state index contributed by atoms with van der Waals surface area (Å²) < 4.78 is 0. The van der Waals surface area contributed by atoms with Crippen molar-refractivity contribution in [1.82, 2.24) is 5.32 Å². The molecule has 92 valence electrons. The molecular weight excluding hydrogens is 212 g/mol. The van der Waals surface area contributed by atoms with Crippen LogP contribution in [0.15, 0.2) is 18.2 Å². The second-order valence-electron chi connectivity index (χ2n) is 4.79. The maximum absolute atomic E-state index is 12.0. The highest BCUT2D eigenvalue weighted by molar-refractivity contribution is 5.95. The van der Waals surface area contributed by atoms with Crippen molar-refractivity contribution in [3.8, 4) is 0 Å². The lowest BCUT2D eigenvalue weighted by molar-refractivity contribution is -0.118. The number of amides is 1. The Labute approximate surface area is 103 Å². The highest BCUT2D eigenvalue weighted by Crippen LogP contribution is 2.15. The number of nitrogens with one attached hydrogen (secondary N) is 2. The lowest BCUT2D eigenvalue weighted by atomic mass is 10.0. The standard InChI is InChI=1S/C14H20N2O/c1-10-6-7-12(9-11(10)2)16-14(17)13-5-3-4-8-15-13/h6-7,9,13,15H,3-5,8H2,1-2H3,(H,16,17)/t13-/m1/s1. The molecule has 0 radical (unpaired) electrons. The van der Waals surface area contributed by atoms with Gasteiger partial charge in [0.2, 0.25) is 5.91 Å². The van der Waals surface area contributed by atoms with E-state index in [2.05, 4.69) is 24.5 Å². The molecule has 2 rings (SSSR count). The SMILES string of the molecule is Cc1ccc(NC(=O)[C@H]2CCCCN2)cc1C. The van der Waals surface area contributed by atoms with Crippen LogP contribution in [-0.4, -0.2) is 18.5 Å². The molecule has 1 aromatic rings. The summed E-state index contributed by atoms with van der Waals surface area (Å²) in [7, 11) is 0. The normalized spacial score (nSPS) is 20.0. The summed E-state index contributed by atoms with van der Waals surface area (Å²) in [4.78, 5) is 12.0. The molecule has 1 aliphatic rings. The molecule has 1 heterocycles. The first-order chi connectivity index (χ1) is 8.16. The van der Waals surface area contributed by atoms with Crippen molar-refractivity contribution in [3.63, 3.8) is 0 Å². The van der Waals surface area contributed by atoms with Crippen LogP contribution in [0.2, 0.25) is 0 Å². The molecule has 1 aromatic carbocycles. The van der Waals surface area contributed by atoms with Crippen LogP contribution in [0.3, 0.4) is 0 Å². The topological polar surface area (TPSA) is 41.1 Å². The average Bonchev–Trinajstić information content (AvgIpc) is 2.35. The van der Waals surface area contributed by atoms with Gasteiger partial charge in [-0.05, 0) is 56.5 Å². The van der Waals surface area contributed by atoms with Crippen LogP contribution in [0.1, 0.15) is 30.4 Å². The molecule has 1 saturated heterocycles. The molecule has 0 aliphatic carbocycles. The smallest absolute Gasteiger partial charge is 0.241 e. The minimum Gasteiger partial charge on any atom is -0.325 e. The third-order valence-electron chi connectivity index (χ3n) is 3.40. The van der Waals surface area contributed by atoms with Gasteiger partial charge in [0.15, 0.2) is 0 Å². The van der Waals surface area contributed by atoms with Crippen LogP contribution in [0, 0.1) is 13.8 Å². The van der Waals surface area contributed by atoms with E-state index in [0.717, 1.165) is 25.1 Å². The maximum atomic E-state index is 12.0. The zero-order chi connectivity index (χ0) is 12.3. The van der Waals surface area contributed by atoms with Crippen LogP contribution >= 0.6 is 0 Å². The van der Waals surface area contributed by atoms with E-state index in [-0.39, 0.29) is 11.9 Å². The van der Waals surface area contributed by atoms with Gasteiger partial charge in [-0.3, -0.25) is 4.79 Å². The molecule has 1 atom stereocenters. The second kappa shape index (κ2) is 5.32. The summed E-state index contributed by atoms with van der Waals surface area (Å²) in [5, 5.41) is 6.23. The van der Waals surface area contributed by atoms with Crippen molar-refractivity contribution in [3.05, 3.63) is 29.3 Å². The lowest BCUT2D eigenvalue weighted by Gasteiger charge is -2.22. The van der Waals surface area contributed by atoms with Crippen LogP contribution in [0.5, 0.6) is 0 Å². The molecule has 0 saturated carbocycles. The Kier molecular flexibility index (Phi) is 3.79. The second-order valence-corrected chi connectivity index (χ2v) is 4.79. The number of rotatable bonds is 2. The number of benzene rings is 1. The van der Waals surface area contributed by atoms with Crippen molar-refractivity contribution >= 4 is 11.6 Å². The molecule has 2 N–H and O–H groups in total. The van der Waals surface area contributed by atoms with Gasteiger partial charge < -0.3 is 10.6 Å². The first kappa shape index (κ1) is 12.1. The molecule has 0 unspecified atom stereocenters. The first-order valence-electron chi connectivity index (χ1n) is 6.28. The summed E-state index contributed by atoms with van der Waals surface area (Å²) in [5.41, 5.74) is 3.35. The largest absolute Gasteiger partial charge is 0.325 e. The van der Waals surface area contributed by atoms with Crippen molar-refractivity contribution in [2.45, 2.75) is 39.2 Å². The Morgan fingerprint density at radius 1 is 1.29 bits per heavy atom. The highest BCUT2D eigenvalue weighted by Gasteiger charge is 2.20. The molecule has 1 aliphatic heterocycles. The van der Waals surface area contributed by atoms with E-state index in [1.165, 1.54) is 17.5 Å². The van der Waals surface area contributed by atoms with Gasteiger partial charge in [0.05, 0.1) is 6.04 Å². The predicted octanol–water partition coefficient (Wildman–Crippen LogP) is 2.38. The van der Waals surface area contributed by atoms with E-state index in [4.69, 9.17) is 0 Å². The number of carbonyl (C=O) groups excluding carboxylic acids is 1. The Balaban J connectivity index is 1.99. The minimum atomic E-state index is -0.0228. The Morgan fingerprint density at radius 2 is 2.12 bits per heavy atom. The van der Waals surface area contributed by atoms with Gasteiger partial charge in [-0.25, -0.2) is 0 Å². The summed E-state index contributed by atoms with van der Waals surface area (Å²) in [6.07, 6.45) is 3.25. The molecule has 0 spiro atoms. The molecular formula is C14H20N2O. The van der Waals surface area contributed by atoms with Crippen molar-refractivity contribution in [2.75, 3.05) is 11.9 Å². The van der Waals surface area contributed by atoms with Gasteiger partial charge in [-0.15, -0.1) is 0 Å². The monoisotopic (exact) mass is 232 g/mol. The van der Waals surface area contributed by atoms with E-state index in [0.29, 0.717) is 0 Å². The molecule has 0 aromatic heterocycles. The maximum Gasteiger partial charge on any atom is 0.241 e. The fraction of sp³-hybridized carbons (Fsp3) is 0.500. The number of anilines is 1. The Bertz CT molecular complexity index is 409. The first-order valence-corrected chi connectivity index (χ1v) is 6.28. The van der Waals surface area contributed by atoms with E-state index in [9.17, 15) is 4.79 Å². The minimum absolute atomic E-state index is 0.0228. The van der Waals surface area contributed by atoms with Crippen molar-refractivity contribution in [1.29, 1.82) is 0 Å². The average molecular weight is 232 g/mol. The highest BCUT2D eigenvalue weighted by atomic mass is 16.2. The Morgan fingerprint density at radius 3 is 2.76 bits per heavy atom. The Hall–Kier alpha value is -1.35. The van der Waals surface area contributed by atoms with E-state index < -0.39 is 0 Å². The summed E-state index contributed by atoms with van der Waals surface area (Å²) in [5.74, 6) is 0.0907. The molecule has 17 heavy (non-hydrogen) atoms. The van der Waals surface area contributed by atoms with Crippen LogP contribution in [0.4, 0.5) is 5.69 Å². The van der Waals surface area contributed by atoms with Gasteiger partial charge in [0, 0.05) is 5.69 Å². The van der Waals surface area contributed by atoms with Crippen LogP contribution in [-0.2, 0) is 4.79 Å². The molecule has 0 bridgehead atoms. The van der Waals surface area contributed by atoms with E-state index in [1.54, 1.807) is 0 Å². The van der Waals surface area contributed by atoms with Gasteiger partial charge in [0.25, 0.3) is 0 Å². The molecule has 3 heteroatoms. The van der Waals surface area contributed by atoms with Gasteiger partial charge in [-0.1, -0.05) is 12.5 Å². The van der Waals surface area contributed by atoms with Crippen LogP contribution < -0.4 is 10.6 Å². The third kappa shape index (κ3) is 3.07. The van der Waals surface area contributed by atoms with Crippen molar-refractivity contribution < 1.29 is 4.79 Å². The van der Waals surface area contributed by atoms with E-state index in [1.807, 2.05) is 18.2 Å². The predicted molar refractivity (Wildman–Crippen MR) is 70.2 cm³/mol. The fourth-order valence-corrected chi connectivity index (χ4v) is 2.12. The number of aryl methyl sites for hydroxylation is 2. The van der Waals surface area contributed by atoms with Gasteiger partial charge in [-0.2, -0.15) is 0 Å². The zero-order valence-corrected chi connectivity index (χ0v) is 10.5. The summed E-state index contributed by atoms with van der Waals surface area (Å²) in [6.45, 7) is 5.08. The molecule has 3 nitrogen and oxygen atoms in total. The number of hydrogen-bond acceptors (Lipinski definition) is 2. The third-order valence-corrected chi connectivity index (χ3v) is 3.40. The van der Waals surface area contributed by atoms with Crippen LogP contribution in [0.25, 0.3) is 0 Å². The van der Waals surface area contributed by atoms with Gasteiger partial charge >= 0.3 is 0 Å². The lowest BCUT2D eigenvalue weighted by Crippen LogP contribution is -2.43. The summed E-state index contributed by atoms with van der Waals surface area (Å²) >= 11 is 0. The zero-order valence-electron chi connectivity index (χ0n) is 10.5. The van der Waals surface area contributed by atoms with E-state index >= 15 is 0 Å². The molecule has 1 amide bonds. The number of carbonyl (C=O) groups is 1. The van der Waals surface area contributed by atoms with Crippen molar-refractivity contribution in [2.24, 2.45) is 0 Å². The van der Waals surface area contributed by atoms with Gasteiger partial charge in [0.1, 0.15) is 0 Å². The quantitative estimate of drug-likeness (QED) is 0.822.